The Labute approximate surface area is 144 Å². The first-order valence-electron chi connectivity index (χ1n) is 7.42. The fraction of sp³-hybridized carbons (Fsp3) is 0.222. The summed E-state index contributed by atoms with van der Waals surface area (Å²) in [4.78, 5) is 15.9. The van der Waals surface area contributed by atoms with E-state index in [4.69, 9.17) is 0 Å². The molecule has 0 bridgehead atoms. The van der Waals surface area contributed by atoms with Crippen LogP contribution in [-0.4, -0.2) is 17.2 Å². The first-order chi connectivity index (χ1) is 11.0. The van der Waals surface area contributed by atoms with Crippen LogP contribution in [0.15, 0.2) is 45.9 Å². The maximum Gasteiger partial charge on any atom is 0.224 e. The van der Waals surface area contributed by atoms with Gasteiger partial charge in [0.1, 0.15) is 5.75 Å². The molecule has 0 aliphatic carbocycles. The van der Waals surface area contributed by atoms with E-state index in [0.29, 0.717) is 12.0 Å². The summed E-state index contributed by atoms with van der Waals surface area (Å²) < 4.78 is 0.892. The number of anilines is 1. The Bertz CT molecular complexity index is 725. The number of halogens is 1. The predicted molar refractivity (Wildman–Crippen MR) is 97.8 cm³/mol. The van der Waals surface area contributed by atoms with Crippen LogP contribution in [0.2, 0.25) is 0 Å². The van der Waals surface area contributed by atoms with Crippen molar-refractivity contribution in [2.75, 3.05) is 5.32 Å². The summed E-state index contributed by atoms with van der Waals surface area (Å²) in [5.41, 5.74) is 2.94. The number of benzene rings is 2. The Kier molecular flexibility index (Phi) is 5.93. The van der Waals surface area contributed by atoms with Crippen LogP contribution >= 0.6 is 15.9 Å². The SMILES string of the molecule is CCCC(=O)Nc1ccc(N=Cc2cc(Br)cc(C)c2O)cc1. The van der Waals surface area contributed by atoms with Crippen LogP contribution in [0.3, 0.4) is 0 Å². The second kappa shape index (κ2) is 7.92. The minimum absolute atomic E-state index is 0.0123. The van der Waals surface area contributed by atoms with Crippen molar-refractivity contribution in [3.63, 3.8) is 0 Å². The van der Waals surface area contributed by atoms with Crippen LogP contribution in [0.1, 0.15) is 30.9 Å². The molecule has 0 unspecified atom stereocenters. The van der Waals surface area contributed by atoms with Gasteiger partial charge in [-0.05, 0) is 55.3 Å². The Morgan fingerprint density at radius 3 is 2.65 bits per heavy atom. The Balaban J connectivity index is 2.10. The number of rotatable bonds is 5. The van der Waals surface area contributed by atoms with Crippen LogP contribution in [-0.2, 0) is 4.79 Å². The van der Waals surface area contributed by atoms with E-state index < -0.39 is 0 Å². The van der Waals surface area contributed by atoms with E-state index in [0.717, 1.165) is 27.8 Å². The second-order valence-corrected chi connectivity index (χ2v) is 6.18. The molecule has 1 amide bonds. The van der Waals surface area contributed by atoms with E-state index in [1.54, 1.807) is 6.21 Å². The molecule has 0 fully saturated rings. The van der Waals surface area contributed by atoms with Gasteiger partial charge >= 0.3 is 0 Å². The van der Waals surface area contributed by atoms with Crippen LogP contribution in [0.25, 0.3) is 0 Å². The number of aromatic hydroxyl groups is 1. The molecule has 0 heterocycles. The molecule has 2 N–H and O–H groups in total. The molecular formula is C18H19BrN2O2. The average molecular weight is 375 g/mol. The van der Waals surface area contributed by atoms with Crippen molar-refractivity contribution >= 4 is 39.4 Å². The van der Waals surface area contributed by atoms with Crippen LogP contribution in [0, 0.1) is 6.92 Å². The zero-order valence-corrected chi connectivity index (χ0v) is 14.7. The molecule has 4 nitrogen and oxygen atoms in total. The third kappa shape index (κ3) is 4.93. The Hall–Kier alpha value is -2.14. The maximum atomic E-state index is 11.5. The molecule has 2 aromatic carbocycles. The lowest BCUT2D eigenvalue weighted by atomic mass is 10.1. The molecule has 5 heteroatoms. The third-order valence-electron chi connectivity index (χ3n) is 3.28. The number of amides is 1. The molecule has 0 aromatic heterocycles. The number of hydrogen-bond acceptors (Lipinski definition) is 3. The van der Waals surface area contributed by atoms with Gasteiger partial charge in [-0.3, -0.25) is 9.79 Å². The highest BCUT2D eigenvalue weighted by Crippen LogP contribution is 2.26. The molecule has 0 spiro atoms. The summed E-state index contributed by atoms with van der Waals surface area (Å²) >= 11 is 3.41. The van der Waals surface area contributed by atoms with Gasteiger partial charge in [-0.2, -0.15) is 0 Å². The zero-order valence-electron chi connectivity index (χ0n) is 13.1. The second-order valence-electron chi connectivity index (χ2n) is 5.26. The number of nitrogens with zero attached hydrogens (tertiary/aromatic N) is 1. The number of aryl methyl sites for hydroxylation is 1. The first kappa shape index (κ1) is 17.2. The van der Waals surface area contributed by atoms with Gasteiger partial charge < -0.3 is 10.4 Å². The van der Waals surface area contributed by atoms with Gasteiger partial charge in [-0.15, -0.1) is 0 Å². The normalized spacial score (nSPS) is 10.9. The molecule has 0 saturated carbocycles. The van der Waals surface area contributed by atoms with Gasteiger partial charge in [0, 0.05) is 28.4 Å². The van der Waals surface area contributed by atoms with E-state index in [-0.39, 0.29) is 11.7 Å². The van der Waals surface area contributed by atoms with Gasteiger partial charge in [0.2, 0.25) is 5.91 Å². The third-order valence-corrected chi connectivity index (χ3v) is 3.73. The molecule has 120 valence electrons. The quantitative estimate of drug-likeness (QED) is 0.727. The van der Waals surface area contributed by atoms with Gasteiger partial charge in [0.15, 0.2) is 0 Å². The van der Waals surface area contributed by atoms with E-state index in [2.05, 4.69) is 26.2 Å². The summed E-state index contributed by atoms with van der Waals surface area (Å²) in [5.74, 6) is 0.235. The van der Waals surface area contributed by atoms with E-state index in [1.807, 2.05) is 50.2 Å². The number of hydrogen-bond donors (Lipinski definition) is 2. The molecule has 0 atom stereocenters. The topological polar surface area (TPSA) is 61.7 Å². The molecule has 2 aromatic rings. The lowest BCUT2D eigenvalue weighted by Gasteiger charge is -2.05. The molecule has 0 aliphatic heterocycles. The smallest absolute Gasteiger partial charge is 0.224 e. The summed E-state index contributed by atoms with van der Waals surface area (Å²) in [7, 11) is 0. The standard InChI is InChI=1S/C18H19BrN2O2/c1-3-4-17(22)21-16-7-5-15(6-8-16)20-11-13-10-14(19)9-12(2)18(13)23/h5-11,23H,3-4H2,1-2H3,(H,21,22). The van der Waals surface area contributed by atoms with Crippen molar-refractivity contribution in [3.05, 3.63) is 52.0 Å². The summed E-state index contributed by atoms with van der Waals surface area (Å²) in [6, 6.07) is 10.9. The lowest BCUT2D eigenvalue weighted by molar-refractivity contribution is -0.116. The Morgan fingerprint density at radius 2 is 2.00 bits per heavy atom. The highest BCUT2D eigenvalue weighted by Gasteiger charge is 2.04. The van der Waals surface area contributed by atoms with Gasteiger partial charge in [-0.25, -0.2) is 0 Å². The molecule has 23 heavy (non-hydrogen) atoms. The van der Waals surface area contributed by atoms with Crippen molar-refractivity contribution in [3.8, 4) is 5.75 Å². The number of phenolic OH excluding ortho intramolecular Hbond substituents is 1. The zero-order chi connectivity index (χ0) is 16.8. The van der Waals surface area contributed by atoms with Crippen molar-refractivity contribution in [2.24, 2.45) is 4.99 Å². The van der Waals surface area contributed by atoms with E-state index >= 15 is 0 Å². The fourth-order valence-electron chi connectivity index (χ4n) is 2.09. The van der Waals surface area contributed by atoms with Crippen molar-refractivity contribution in [1.82, 2.24) is 0 Å². The van der Waals surface area contributed by atoms with Crippen molar-refractivity contribution < 1.29 is 9.90 Å². The molecule has 2 rings (SSSR count). The van der Waals surface area contributed by atoms with Gasteiger partial charge in [0.05, 0.1) is 5.69 Å². The molecule has 0 aliphatic rings. The number of aliphatic imine (C=N–C) groups is 1. The van der Waals surface area contributed by atoms with Crippen LogP contribution in [0.5, 0.6) is 5.75 Å². The predicted octanol–water partition coefficient (Wildman–Crippen LogP) is 4.95. The molecular weight excluding hydrogens is 356 g/mol. The first-order valence-corrected chi connectivity index (χ1v) is 8.22. The fourth-order valence-corrected chi connectivity index (χ4v) is 2.68. The minimum Gasteiger partial charge on any atom is -0.507 e. The summed E-state index contributed by atoms with van der Waals surface area (Å²) in [6.07, 6.45) is 2.96. The van der Waals surface area contributed by atoms with Crippen molar-refractivity contribution in [1.29, 1.82) is 0 Å². The lowest BCUT2D eigenvalue weighted by Crippen LogP contribution is -2.10. The highest BCUT2D eigenvalue weighted by molar-refractivity contribution is 9.10. The van der Waals surface area contributed by atoms with Crippen LogP contribution < -0.4 is 5.32 Å². The number of phenols is 1. The number of nitrogens with one attached hydrogen (secondary N) is 1. The van der Waals surface area contributed by atoms with Gasteiger partial charge in [0.25, 0.3) is 0 Å². The summed E-state index contributed by atoms with van der Waals surface area (Å²) in [5, 5.41) is 12.9. The highest BCUT2D eigenvalue weighted by atomic mass is 79.9. The number of carbonyl (C=O) groups is 1. The van der Waals surface area contributed by atoms with Crippen molar-refractivity contribution in [2.45, 2.75) is 26.7 Å². The minimum atomic E-state index is 0.0123. The van der Waals surface area contributed by atoms with Crippen LogP contribution in [0.4, 0.5) is 11.4 Å². The maximum absolute atomic E-state index is 11.5. The molecule has 0 radical (unpaired) electrons. The van der Waals surface area contributed by atoms with Gasteiger partial charge in [-0.1, -0.05) is 22.9 Å². The average Bonchev–Trinajstić information content (AvgIpc) is 2.51. The summed E-state index contributed by atoms with van der Waals surface area (Å²) in [6.45, 7) is 3.81. The largest absolute Gasteiger partial charge is 0.507 e. The van der Waals surface area contributed by atoms with E-state index in [9.17, 15) is 9.90 Å². The van der Waals surface area contributed by atoms with E-state index in [1.165, 1.54) is 0 Å². The monoisotopic (exact) mass is 374 g/mol. The number of carbonyl (C=O) groups excluding carboxylic acids is 1. The Morgan fingerprint density at radius 1 is 1.30 bits per heavy atom. The molecule has 0 saturated heterocycles.